The van der Waals surface area contributed by atoms with E-state index >= 15 is 0 Å². The van der Waals surface area contributed by atoms with Gasteiger partial charge in [0.25, 0.3) is 0 Å². The Morgan fingerprint density at radius 1 is 0.551 bits per heavy atom. The van der Waals surface area contributed by atoms with Crippen LogP contribution in [0.1, 0.15) is 21.9 Å². The average Bonchev–Trinajstić information content (AvgIpc) is 3.36. The maximum atomic E-state index is 13.2. The average molecular weight is 1110 g/mol. The summed E-state index contributed by atoms with van der Waals surface area (Å²) in [7, 11) is 2.45. The molecule has 5 aromatic carbocycles. The largest absolute Gasteiger partial charge is 0.477 e. The van der Waals surface area contributed by atoms with E-state index in [4.69, 9.17) is 15.1 Å². The summed E-state index contributed by atoms with van der Waals surface area (Å²) in [4.78, 5) is 31.4. The number of aromatic carboxylic acids is 1. The maximum Gasteiger partial charge on any atom is 0.354 e. The van der Waals surface area contributed by atoms with Crippen LogP contribution in [0.15, 0.2) is 182 Å². The number of hydrogen-bond acceptors (Lipinski definition) is 6. The number of aryl methyl sites for hydroxylation is 2. The van der Waals surface area contributed by atoms with Crippen LogP contribution < -0.4 is 0 Å². The van der Waals surface area contributed by atoms with Crippen molar-refractivity contribution in [2.24, 2.45) is 0 Å². The van der Waals surface area contributed by atoms with Gasteiger partial charge in [-0.2, -0.15) is 9.12 Å². The molecule has 2 radical (unpaired) electrons. The number of halogens is 4. The molecule has 14 heteroatoms. The van der Waals surface area contributed by atoms with E-state index in [0.29, 0.717) is 11.4 Å². The van der Waals surface area contributed by atoms with Crippen LogP contribution >= 0.6 is 9.12 Å². The molecule has 1 atom stereocenters. The second kappa shape index (κ2) is 26.3. The summed E-state index contributed by atoms with van der Waals surface area (Å²) in [5, 5.41) is 10.6. The van der Waals surface area contributed by atoms with Crippen LogP contribution in [0.2, 0.25) is 6.82 Å². The Kier molecular flexibility index (Phi) is 20.1. The Hall–Kier alpha value is -7.30. The summed E-state index contributed by atoms with van der Waals surface area (Å²) in [6, 6.07) is 53.5. The molecule has 10 aromatic rings. The number of carbonyl (C=O) groups is 1. The van der Waals surface area contributed by atoms with Gasteiger partial charge < -0.3 is 15.1 Å². The number of carboxylic acid groups (broad SMARTS) is 1. The Morgan fingerprint density at radius 3 is 1.25 bits per heavy atom. The van der Waals surface area contributed by atoms with Crippen LogP contribution in [0.25, 0.3) is 66.6 Å². The molecule has 10 rings (SSSR count). The minimum Gasteiger partial charge on any atom is -0.477 e. The number of benzene rings is 5. The van der Waals surface area contributed by atoms with Gasteiger partial charge in [-0.15, -0.1) is 24.3 Å². The molecule has 1 unspecified atom stereocenters. The molecule has 5 heterocycles. The zero-order valence-corrected chi connectivity index (χ0v) is 41.0. The van der Waals surface area contributed by atoms with Gasteiger partial charge in [0.2, 0.25) is 0 Å². The van der Waals surface area contributed by atoms with Crippen molar-refractivity contribution >= 4 is 43.9 Å². The quantitative estimate of drug-likeness (QED) is 0.0602. The second-order valence-corrected chi connectivity index (χ2v) is 15.2. The maximum absolute atomic E-state index is 13.2. The number of carboxylic acids is 1. The third-order valence-corrected chi connectivity index (χ3v) is 9.63. The van der Waals surface area contributed by atoms with Crippen molar-refractivity contribution in [2.45, 2.75) is 20.7 Å². The van der Waals surface area contributed by atoms with E-state index in [1.165, 1.54) is 34.5 Å². The molecule has 0 aliphatic carbocycles. The van der Waals surface area contributed by atoms with E-state index in [2.05, 4.69) is 123 Å². The molecule has 7 nitrogen and oxygen atoms in total. The first-order valence-corrected chi connectivity index (χ1v) is 21.7. The van der Waals surface area contributed by atoms with E-state index in [-0.39, 0.29) is 36.9 Å². The molecule has 0 spiro atoms. The molecule has 0 bridgehead atoms. The smallest absolute Gasteiger partial charge is 0.354 e. The molecule has 5 aromatic heterocycles. The number of fused-ring (bicyclic) bond motifs is 3. The first-order chi connectivity index (χ1) is 33.0. The Bertz CT molecular complexity index is 3030. The van der Waals surface area contributed by atoms with E-state index in [9.17, 15) is 22.4 Å². The van der Waals surface area contributed by atoms with Crippen LogP contribution in [0.5, 0.6) is 0 Å². The zero-order chi connectivity index (χ0) is 48.4. The van der Waals surface area contributed by atoms with Crippen LogP contribution in [-0.4, -0.2) is 43.0 Å². The first kappa shape index (κ1) is 52.7. The number of nitrogens with zero attached hydrogens (tertiary/aromatic N) is 5. The van der Waals surface area contributed by atoms with Gasteiger partial charge in [-0.05, 0) is 83.9 Å². The summed E-state index contributed by atoms with van der Waals surface area (Å²) in [6.07, 6.45) is 4.54. The van der Waals surface area contributed by atoms with Gasteiger partial charge in [0.05, 0.1) is 11.0 Å². The third-order valence-electron chi connectivity index (χ3n) is 9.63. The minimum absolute atomic E-state index is 0. The molecule has 346 valence electrons. The van der Waals surface area contributed by atoms with Crippen molar-refractivity contribution in [1.82, 2.24) is 24.9 Å². The van der Waals surface area contributed by atoms with E-state index < -0.39 is 29.2 Å². The van der Waals surface area contributed by atoms with Crippen molar-refractivity contribution in [3.8, 4) is 44.8 Å². The fourth-order valence-corrected chi connectivity index (χ4v) is 6.74. The molecule has 0 fully saturated rings. The van der Waals surface area contributed by atoms with Crippen LogP contribution in [0.3, 0.4) is 0 Å². The van der Waals surface area contributed by atoms with Gasteiger partial charge >= 0.3 is 5.97 Å². The van der Waals surface area contributed by atoms with E-state index in [1.54, 1.807) is 60.9 Å². The molecular weight excluding hydrogens is 1070 g/mol. The molecule has 0 saturated heterocycles. The molecule has 0 aliphatic heterocycles. The number of pyridine rings is 5. The van der Waals surface area contributed by atoms with Crippen molar-refractivity contribution in [3.05, 3.63) is 235 Å². The van der Waals surface area contributed by atoms with Crippen LogP contribution in [-0.2, 0) is 20.1 Å². The SMILES string of the molecule is C[B]P.Cc1cc(-c2ccccc2)c2ccc3c(-c4ccccc4)cc(C)nc3c2n1.Fc1c[c-]c(-c2ccccn2)c(F)c1.Fc1c[c-]c(-c2ccccn2)c(F)c1.O=C(O)c1ccccn1.[Ir]. The third kappa shape index (κ3) is 14.6. The summed E-state index contributed by atoms with van der Waals surface area (Å²) < 4.78 is 51.6. The Balaban J connectivity index is 0.000000183. The normalized spacial score (nSPS) is 10.0. The van der Waals surface area contributed by atoms with Gasteiger partial charge in [0.15, 0.2) is 0 Å². The van der Waals surface area contributed by atoms with Gasteiger partial charge in [-0.3, -0.25) is 27.5 Å². The Morgan fingerprint density at radius 2 is 0.928 bits per heavy atom. The standard InChI is InChI=1S/C26H20N2.2C11H6F2N.C6H5NO2.CH5BP.Ir/c1-17-15-23(19-9-5-3-6-10-19)21-13-14-22-24(20-11-7-4-8-12-20)16-18(2)28-26(22)25(21)27-17;2*12-8-4-5-9(10(13)7-8)11-3-1-2-6-14-11;8-6(9)5-3-1-2-4-7-5;1-2-3;/h3-16H,1-2H3;2*1-4,6-7H;1-4H,(H,8,9);3H2,1H3;/q;2*-1;;;. The van der Waals surface area contributed by atoms with Crippen LogP contribution in [0, 0.1) is 49.2 Å². The monoisotopic (exact) mass is 1120 g/mol. The molecule has 0 amide bonds. The predicted octanol–water partition coefficient (Wildman–Crippen LogP) is 13.7. The fourth-order valence-electron chi connectivity index (χ4n) is 6.74. The van der Waals surface area contributed by atoms with E-state index in [1.807, 2.05) is 26.0 Å². The number of aromatic nitrogens is 5. The number of hydrogen-bond donors (Lipinski definition) is 1. The summed E-state index contributed by atoms with van der Waals surface area (Å²) in [6.45, 7) is 7.99. The van der Waals surface area contributed by atoms with Crippen molar-refractivity contribution in [1.29, 1.82) is 0 Å². The molecular formula is C55H42BF4IrN5O2P-2. The van der Waals surface area contributed by atoms with Gasteiger partial charge in [-0.25, -0.2) is 9.78 Å². The zero-order valence-electron chi connectivity index (χ0n) is 37.4. The molecule has 0 saturated carbocycles. The van der Waals surface area contributed by atoms with Gasteiger partial charge in [0.1, 0.15) is 12.7 Å². The molecule has 1 N–H and O–H groups in total. The Labute approximate surface area is 414 Å². The van der Waals surface area contributed by atoms with Crippen LogP contribution in [0.4, 0.5) is 17.6 Å². The molecule has 0 aliphatic rings. The van der Waals surface area contributed by atoms with Gasteiger partial charge in [0, 0.05) is 84.1 Å². The summed E-state index contributed by atoms with van der Waals surface area (Å²) >= 11 is 0. The summed E-state index contributed by atoms with van der Waals surface area (Å²) in [5.74, 6) is -3.56. The topological polar surface area (TPSA) is 102 Å². The van der Waals surface area contributed by atoms with Crippen molar-refractivity contribution in [2.75, 3.05) is 0 Å². The van der Waals surface area contributed by atoms with Gasteiger partial charge in [-0.1, -0.05) is 133 Å². The minimum atomic E-state index is -0.990. The second-order valence-electron chi connectivity index (χ2n) is 14.6. The van der Waals surface area contributed by atoms with Crippen molar-refractivity contribution in [3.63, 3.8) is 0 Å². The molecule has 69 heavy (non-hydrogen) atoms. The summed E-state index contributed by atoms with van der Waals surface area (Å²) in [5.41, 5.74) is 10.1. The predicted molar refractivity (Wildman–Crippen MR) is 267 cm³/mol. The first-order valence-electron chi connectivity index (χ1n) is 21.0. The fraction of sp³-hybridized carbons (Fsp3) is 0.0545. The van der Waals surface area contributed by atoms with Crippen molar-refractivity contribution < 1.29 is 47.6 Å². The number of rotatable bonds is 5. The van der Waals surface area contributed by atoms with E-state index in [0.717, 1.165) is 57.5 Å².